The van der Waals surface area contributed by atoms with Crippen molar-refractivity contribution in [1.29, 1.82) is 0 Å². The number of ether oxygens (including phenoxy) is 1. The molecule has 0 radical (unpaired) electrons. The van der Waals surface area contributed by atoms with Crippen molar-refractivity contribution < 1.29 is 13.9 Å². The highest BCUT2D eigenvalue weighted by atomic mass is 32.1. The van der Waals surface area contributed by atoms with Crippen molar-refractivity contribution >= 4 is 17.2 Å². The minimum atomic E-state index is -0.181. The summed E-state index contributed by atoms with van der Waals surface area (Å²) < 4.78 is 19.3. The molecule has 2 aromatic rings. The van der Waals surface area contributed by atoms with Crippen LogP contribution < -0.4 is 0 Å². The van der Waals surface area contributed by atoms with Gasteiger partial charge in [0, 0.05) is 25.1 Å². The van der Waals surface area contributed by atoms with Crippen LogP contribution in [0.3, 0.4) is 0 Å². The molecule has 1 atom stereocenters. The lowest BCUT2D eigenvalue weighted by molar-refractivity contribution is -0.123. The van der Waals surface area contributed by atoms with Crippen LogP contribution in [0, 0.1) is 11.7 Å². The van der Waals surface area contributed by atoms with Gasteiger partial charge in [0.05, 0.1) is 11.2 Å². The molecule has 0 saturated carbocycles. The molecule has 1 spiro atoms. The van der Waals surface area contributed by atoms with Gasteiger partial charge in [0.1, 0.15) is 5.82 Å². The maximum atomic E-state index is 13.1. The Kier molecular flexibility index (Phi) is 5.09. The van der Waals surface area contributed by atoms with Crippen molar-refractivity contribution in [3.05, 3.63) is 58.0 Å². The summed E-state index contributed by atoms with van der Waals surface area (Å²) in [5.74, 6) is 0.521. The van der Waals surface area contributed by atoms with Crippen LogP contribution in [0.2, 0.25) is 0 Å². The fourth-order valence-electron chi connectivity index (χ4n) is 4.29. The van der Waals surface area contributed by atoms with E-state index in [1.165, 1.54) is 5.56 Å². The van der Waals surface area contributed by atoms with Crippen molar-refractivity contribution in [3.63, 3.8) is 0 Å². The van der Waals surface area contributed by atoms with Gasteiger partial charge < -0.3 is 9.64 Å². The van der Waals surface area contributed by atoms with Crippen LogP contribution in [0.5, 0.6) is 0 Å². The summed E-state index contributed by atoms with van der Waals surface area (Å²) in [6, 6.07) is 8.75. The first kappa shape index (κ1) is 17.7. The molecule has 0 aliphatic carbocycles. The highest BCUT2D eigenvalue weighted by Crippen LogP contribution is 2.39. The second kappa shape index (κ2) is 7.49. The topological polar surface area (TPSA) is 29.5 Å². The molecule has 5 heteroatoms. The van der Waals surface area contributed by atoms with Crippen LogP contribution in [-0.4, -0.2) is 36.1 Å². The standard InChI is InChI=1S/C21H24FNO2S/c22-19-3-1-16(2-4-19)13-17-5-11-25-21(14-17)7-9-23(10-8-21)20(24)18-6-12-26-15-18/h1-4,6,12,15,17H,5,7-11,13-14H2. The molecule has 4 rings (SSSR count). The molecular formula is C21H24FNO2S. The number of rotatable bonds is 3. The first-order valence-electron chi connectivity index (χ1n) is 9.33. The maximum absolute atomic E-state index is 13.1. The van der Waals surface area contributed by atoms with Crippen LogP contribution in [0.1, 0.15) is 41.6 Å². The fourth-order valence-corrected chi connectivity index (χ4v) is 4.92. The van der Waals surface area contributed by atoms with Gasteiger partial charge in [-0.2, -0.15) is 11.3 Å². The predicted molar refractivity (Wildman–Crippen MR) is 101 cm³/mol. The molecule has 3 nitrogen and oxygen atoms in total. The SMILES string of the molecule is O=C(c1ccsc1)N1CCC2(CC1)CC(Cc1ccc(F)cc1)CCO2. The molecule has 1 unspecified atom stereocenters. The smallest absolute Gasteiger partial charge is 0.254 e. The van der Waals surface area contributed by atoms with Gasteiger partial charge in [-0.1, -0.05) is 12.1 Å². The van der Waals surface area contributed by atoms with E-state index in [1.807, 2.05) is 33.9 Å². The molecule has 26 heavy (non-hydrogen) atoms. The molecule has 2 aliphatic rings. The molecule has 0 N–H and O–H groups in total. The maximum Gasteiger partial charge on any atom is 0.254 e. The van der Waals surface area contributed by atoms with E-state index >= 15 is 0 Å². The van der Waals surface area contributed by atoms with Crippen LogP contribution in [0.4, 0.5) is 4.39 Å². The van der Waals surface area contributed by atoms with E-state index in [0.29, 0.717) is 5.92 Å². The molecule has 1 aromatic carbocycles. The van der Waals surface area contributed by atoms with Crippen LogP contribution in [-0.2, 0) is 11.2 Å². The van der Waals surface area contributed by atoms with Crippen molar-refractivity contribution in [1.82, 2.24) is 4.90 Å². The number of piperidine rings is 1. The summed E-state index contributed by atoms with van der Waals surface area (Å²) in [4.78, 5) is 14.5. The minimum absolute atomic E-state index is 0.0889. The molecule has 2 aliphatic heterocycles. The molecule has 138 valence electrons. The average Bonchev–Trinajstić information content (AvgIpc) is 3.19. The van der Waals surface area contributed by atoms with E-state index in [4.69, 9.17) is 4.74 Å². The van der Waals surface area contributed by atoms with E-state index in [0.717, 1.165) is 57.4 Å². The number of thiophene rings is 1. The molecule has 1 aromatic heterocycles. The van der Waals surface area contributed by atoms with Gasteiger partial charge >= 0.3 is 0 Å². The Bertz CT molecular complexity index is 736. The summed E-state index contributed by atoms with van der Waals surface area (Å²) in [5, 5.41) is 3.87. The summed E-state index contributed by atoms with van der Waals surface area (Å²) >= 11 is 1.56. The molecule has 2 saturated heterocycles. The normalized spacial score (nSPS) is 22.5. The number of carbonyl (C=O) groups excluding carboxylic acids is 1. The second-order valence-electron chi connectivity index (χ2n) is 7.53. The number of amides is 1. The van der Waals surface area contributed by atoms with Gasteiger partial charge in [0.25, 0.3) is 5.91 Å². The number of hydrogen-bond donors (Lipinski definition) is 0. The summed E-state index contributed by atoms with van der Waals surface area (Å²) in [6.45, 7) is 2.31. The monoisotopic (exact) mass is 373 g/mol. The number of benzene rings is 1. The Morgan fingerprint density at radius 2 is 2.00 bits per heavy atom. The number of carbonyl (C=O) groups is 1. The average molecular weight is 373 g/mol. The van der Waals surface area contributed by atoms with Crippen molar-refractivity contribution in [2.75, 3.05) is 19.7 Å². The lowest BCUT2D eigenvalue weighted by atomic mass is 9.77. The van der Waals surface area contributed by atoms with Crippen molar-refractivity contribution in [2.45, 2.75) is 37.7 Å². The van der Waals surface area contributed by atoms with Crippen molar-refractivity contribution in [3.8, 4) is 0 Å². The molecule has 3 heterocycles. The highest BCUT2D eigenvalue weighted by molar-refractivity contribution is 7.08. The summed E-state index contributed by atoms with van der Waals surface area (Å²) in [6.07, 6.45) is 4.87. The Morgan fingerprint density at radius 1 is 1.23 bits per heavy atom. The van der Waals surface area contributed by atoms with Crippen molar-refractivity contribution in [2.24, 2.45) is 5.92 Å². The Morgan fingerprint density at radius 3 is 2.69 bits per heavy atom. The Balaban J connectivity index is 1.35. The van der Waals surface area contributed by atoms with E-state index in [-0.39, 0.29) is 17.3 Å². The zero-order valence-corrected chi connectivity index (χ0v) is 15.6. The van der Waals surface area contributed by atoms with E-state index in [1.54, 1.807) is 23.5 Å². The quantitative estimate of drug-likeness (QED) is 0.791. The molecular weight excluding hydrogens is 349 g/mol. The fraction of sp³-hybridized carbons (Fsp3) is 0.476. The predicted octanol–water partition coefficient (Wildman–Crippen LogP) is 4.53. The van der Waals surface area contributed by atoms with E-state index < -0.39 is 0 Å². The van der Waals surface area contributed by atoms with Gasteiger partial charge in [-0.15, -0.1) is 0 Å². The molecule has 1 amide bonds. The largest absolute Gasteiger partial charge is 0.375 e. The van der Waals surface area contributed by atoms with E-state index in [2.05, 4.69) is 0 Å². The zero-order valence-electron chi connectivity index (χ0n) is 14.8. The first-order valence-corrected chi connectivity index (χ1v) is 10.3. The Labute approximate surface area is 157 Å². The third-order valence-electron chi connectivity index (χ3n) is 5.76. The lowest BCUT2D eigenvalue weighted by Crippen LogP contribution is -2.51. The number of halogens is 1. The van der Waals surface area contributed by atoms with Crippen LogP contribution in [0.15, 0.2) is 41.1 Å². The van der Waals surface area contributed by atoms with Crippen LogP contribution in [0.25, 0.3) is 0 Å². The molecule has 0 bridgehead atoms. The van der Waals surface area contributed by atoms with Gasteiger partial charge in [-0.25, -0.2) is 4.39 Å². The zero-order chi connectivity index (χ0) is 18.0. The van der Waals surface area contributed by atoms with Gasteiger partial charge in [-0.3, -0.25) is 4.79 Å². The third kappa shape index (κ3) is 3.84. The summed E-state index contributed by atoms with van der Waals surface area (Å²) in [5.41, 5.74) is 1.90. The minimum Gasteiger partial charge on any atom is -0.375 e. The van der Waals surface area contributed by atoms with Crippen LogP contribution >= 0.6 is 11.3 Å². The lowest BCUT2D eigenvalue weighted by Gasteiger charge is -2.46. The van der Waals surface area contributed by atoms with Gasteiger partial charge in [0.2, 0.25) is 0 Å². The molecule has 2 fully saturated rings. The second-order valence-corrected chi connectivity index (χ2v) is 8.31. The van der Waals surface area contributed by atoms with Gasteiger partial charge in [-0.05, 0) is 67.2 Å². The number of likely N-dealkylation sites (tertiary alicyclic amines) is 1. The van der Waals surface area contributed by atoms with E-state index in [9.17, 15) is 9.18 Å². The first-order chi connectivity index (χ1) is 12.6. The highest BCUT2D eigenvalue weighted by Gasteiger charge is 2.41. The summed E-state index contributed by atoms with van der Waals surface area (Å²) in [7, 11) is 0. The van der Waals surface area contributed by atoms with Gasteiger partial charge in [0.15, 0.2) is 0 Å². The third-order valence-corrected chi connectivity index (χ3v) is 6.45. The number of nitrogens with zero attached hydrogens (tertiary/aromatic N) is 1. The Hall–Kier alpha value is -1.72. The number of hydrogen-bond acceptors (Lipinski definition) is 3.